The Morgan fingerprint density at radius 3 is 2.60 bits per heavy atom. The molecule has 0 amide bonds. The molecule has 0 saturated carbocycles. The van der Waals surface area contributed by atoms with E-state index in [0.29, 0.717) is 13.0 Å². The Morgan fingerprint density at radius 2 is 2.05 bits per heavy atom. The van der Waals surface area contributed by atoms with Gasteiger partial charge in [0.1, 0.15) is 5.69 Å². The summed E-state index contributed by atoms with van der Waals surface area (Å²) in [6.07, 6.45) is 2.17. The molecule has 2 N–H and O–H groups in total. The van der Waals surface area contributed by atoms with Crippen LogP contribution < -0.4 is 4.90 Å². The van der Waals surface area contributed by atoms with Gasteiger partial charge >= 0.3 is 5.97 Å². The molecule has 0 unspecified atom stereocenters. The fraction of sp³-hybridized carbons (Fsp3) is 0.462. The lowest BCUT2D eigenvalue weighted by Crippen LogP contribution is -2.22. The topological polar surface area (TPSA) is 104 Å². The van der Waals surface area contributed by atoms with E-state index in [1.807, 2.05) is 0 Å². The summed E-state index contributed by atoms with van der Waals surface area (Å²) in [4.78, 5) is 23.2. The number of unbranched alkanes of at least 4 members (excludes halogenated alkanes) is 2. The first-order valence-corrected chi connectivity index (χ1v) is 6.31. The number of hydrogen-bond donors (Lipinski definition) is 2. The summed E-state index contributed by atoms with van der Waals surface area (Å²) in [6, 6.07) is 4.02. The second-order valence-electron chi connectivity index (χ2n) is 4.44. The van der Waals surface area contributed by atoms with Crippen molar-refractivity contribution in [3.63, 3.8) is 0 Å². The van der Waals surface area contributed by atoms with Gasteiger partial charge in [-0.3, -0.25) is 10.1 Å². The number of nitro groups is 1. The van der Waals surface area contributed by atoms with Crippen LogP contribution in [0.25, 0.3) is 0 Å². The smallest absolute Gasteiger partial charge is 0.338 e. The number of benzene rings is 1. The third-order valence-corrected chi connectivity index (χ3v) is 2.98. The summed E-state index contributed by atoms with van der Waals surface area (Å²) < 4.78 is 0. The number of anilines is 1. The van der Waals surface area contributed by atoms with Gasteiger partial charge in [0.2, 0.25) is 0 Å². The largest absolute Gasteiger partial charge is 0.478 e. The molecule has 110 valence electrons. The zero-order valence-corrected chi connectivity index (χ0v) is 11.3. The SMILES string of the molecule is CN(CCCCCO)c1c(C(=O)O)cccc1[N+](=O)[O-]. The quantitative estimate of drug-likeness (QED) is 0.428. The highest BCUT2D eigenvalue weighted by Crippen LogP contribution is 2.31. The molecule has 1 rings (SSSR count). The Balaban J connectivity index is 3.00. The van der Waals surface area contributed by atoms with E-state index in [4.69, 9.17) is 10.2 Å². The first kappa shape index (κ1) is 15.9. The maximum Gasteiger partial charge on any atom is 0.338 e. The number of aliphatic hydroxyl groups is 1. The Morgan fingerprint density at radius 1 is 1.35 bits per heavy atom. The number of aromatic carboxylic acids is 1. The Hall–Kier alpha value is -2.15. The monoisotopic (exact) mass is 282 g/mol. The Bertz CT molecular complexity index is 457. The standard InChI is InChI=1S/C13H18N2O5/c1-14(8-3-2-4-9-16)12-10(13(17)18)6-5-7-11(12)15(19)20/h5-7,16H,2-4,8-9H2,1H3,(H,17,18). The van der Waals surface area contributed by atoms with Crippen molar-refractivity contribution in [1.82, 2.24) is 0 Å². The van der Waals surface area contributed by atoms with Gasteiger partial charge in [-0.25, -0.2) is 4.79 Å². The van der Waals surface area contributed by atoms with Gasteiger partial charge in [0, 0.05) is 26.3 Å². The van der Waals surface area contributed by atoms with Gasteiger partial charge in [-0.1, -0.05) is 6.07 Å². The third kappa shape index (κ3) is 3.92. The van der Waals surface area contributed by atoms with Crippen LogP contribution >= 0.6 is 0 Å². The number of rotatable bonds is 8. The number of nitrogens with zero attached hydrogens (tertiary/aromatic N) is 2. The zero-order valence-electron chi connectivity index (χ0n) is 11.3. The van der Waals surface area contributed by atoms with E-state index in [2.05, 4.69) is 0 Å². The molecule has 0 aliphatic carbocycles. The number of para-hydroxylation sites is 1. The average Bonchev–Trinajstić information content (AvgIpc) is 2.42. The van der Waals surface area contributed by atoms with E-state index < -0.39 is 10.9 Å². The summed E-state index contributed by atoms with van der Waals surface area (Å²) >= 11 is 0. The number of carboxylic acid groups (broad SMARTS) is 1. The van der Waals surface area contributed by atoms with Crippen LogP contribution in [0.1, 0.15) is 29.6 Å². The van der Waals surface area contributed by atoms with Crippen molar-refractivity contribution in [2.75, 3.05) is 25.1 Å². The van der Waals surface area contributed by atoms with E-state index >= 15 is 0 Å². The van der Waals surface area contributed by atoms with Gasteiger partial charge in [-0.15, -0.1) is 0 Å². The van der Waals surface area contributed by atoms with Crippen LogP contribution in [-0.4, -0.2) is 41.3 Å². The molecule has 7 nitrogen and oxygen atoms in total. The van der Waals surface area contributed by atoms with Gasteiger partial charge < -0.3 is 15.1 Å². The number of nitro benzene ring substituents is 1. The van der Waals surface area contributed by atoms with Crippen LogP contribution in [0.3, 0.4) is 0 Å². The molecule has 0 aliphatic rings. The number of aliphatic hydroxyl groups excluding tert-OH is 1. The summed E-state index contributed by atoms with van der Waals surface area (Å²) in [5.41, 5.74) is -0.174. The average molecular weight is 282 g/mol. The molecule has 0 saturated heterocycles. The van der Waals surface area contributed by atoms with E-state index in [-0.39, 0.29) is 23.5 Å². The molecule has 0 radical (unpaired) electrons. The highest BCUT2D eigenvalue weighted by atomic mass is 16.6. The van der Waals surface area contributed by atoms with Crippen LogP contribution in [0.4, 0.5) is 11.4 Å². The van der Waals surface area contributed by atoms with Gasteiger partial charge in [-0.05, 0) is 25.3 Å². The highest BCUT2D eigenvalue weighted by Gasteiger charge is 2.24. The van der Waals surface area contributed by atoms with Crippen LogP contribution in [0.15, 0.2) is 18.2 Å². The summed E-state index contributed by atoms with van der Waals surface area (Å²) in [5.74, 6) is -1.19. The van der Waals surface area contributed by atoms with Gasteiger partial charge in [0.25, 0.3) is 5.69 Å². The van der Waals surface area contributed by atoms with Crippen molar-refractivity contribution in [3.05, 3.63) is 33.9 Å². The van der Waals surface area contributed by atoms with Crippen molar-refractivity contribution in [2.24, 2.45) is 0 Å². The fourth-order valence-corrected chi connectivity index (χ4v) is 2.00. The van der Waals surface area contributed by atoms with E-state index in [1.165, 1.54) is 18.2 Å². The van der Waals surface area contributed by atoms with Crippen molar-refractivity contribution >= 4 is 17.3 Å². The van der Waals surface area contributed by atoms with E-state index in [1.54, 1.807) is 11.9 Å². The molecule has 0 fully saturated rings. The molecule has 20 heavy (non-hydrogen) atoms. The molecule has 0 aliphatic heterocycles. The fourth-order valence-electron chi connectivity index (χ4n) is 2.00. The Labute approximate surface area is 116 Å². The molecule has 0 bridgehead atoms. The van der Waals surface area contributed by atoms with Crippen LogP contribution in [0, 0.1) is 10.1 Å². The Kier molecular flexibility index (Phi) is 5.92. The van der Waals surface area contributed by atoms with Crippen molar-refractivity contribution < 1.29 is 19.9 Å². The van der Waals surface area contributed by atoms with Gasteiger partial charge in [0.05, 0.1) is 10.5 Å². The lowest BCUT2D eigenvalue weighted by atomic mass is 10.1. The van der Waals surface area contributed by atoms with Crippen LogP contribution in [-0.2, 0) is 0 Å². The lowest BCUT2D eigenvalue weighted by Gasteiger charge is -2.20. The van der Waals surface area contributed by atoms with Crippen molar-refractivity contribution in [2.45, 2.75) is 19.3 Å². The molecule has 0 heterocycles. The second kappa shape index (κ2) is 7.44. The molecule has 1 aromatic rings. The number of hydrogen-bond acceptors (Lipinski definition) is 5. The minimum Gasteiger partial charge on any atom is -0.478 e. The maximum atomic E-state index is 11.2. The lowest BCUT2D eigenvalue weighted by molar-refractivity contribution is -0.384. The van der Waals surface area contributed by atoms with Gasteiger partial charge in [-0.2, -0.15) is 0 Å². The first-order chi connectivity index (χ1) is 9.49. The molecule has 0 spiro atoms. The predicted molar refractivity (Wildman–Crippen MR) is 74.3 cm³/mol. The zero-order chi connectivity index (χ0) is 15.1. The predicted octanol–water partition coefficient (Wildman–Crippen LogP) is 1.89. The minimum absolute atomic E-state index is 0.0798. The number of carboxylic acids is 1. The minimum atomic E-state index is -1.19. The molecular formula is C13H18N2O5. The van der Waals surface area contributed by atoms with Crippen molar-refractivity contribution in [3.8, 4) is 0 Å². The second-order valence-corrected chi connectivity index (χ2v) is 4.44. The number of carbonyl (C=O) groups is 1. The first-order valence-electron chi connectivity index (χ1n) is 6.31. The van der Waals surface area contributed by atoms with E-state index in [9.17, 15) is 14.9 Å². The summed E-state index contributed by atoms with van der Waals surface area (Å²) in [7, 11) is 1.63. The van der Waals surface area contributed by atoms with E-state index in [0.717, 1.165) is 12.8 Å². The van der Waals surface area contributed by atoms with Crippen molar-refractivity contribution in [1.29, 1.82) is 0 Å². The van der Waals surface area contributed by atoms with Crippen LogP contribution in [0.5, 0.6) is 0 Å². The molecule has 1 aromatic carbocycles. The summed E-state index contributed by atoms with van der Waals surface area (Å²) in [5, 5.41) is 28.9. The molecule has 7 heteroatoms. The normalized spacial score (nSPS) is 10.3. The molecular weight excluding hydrogens is 264 g/mol. The summed E-state index contributed by atoms with van der Waals surface area (Å²) in [6.45, 7) is 0.598. The highest BCUT2D eigenvalue weighted by molar-refractivity contribution is 5.97. The van der Waals surface area contributed by atoms with Gasteiger partial charge in [0.15, 0.2) is 0 Å². The third-order valence-electron chi connectivity index (χ3n) is 2.98. The molecule has 0 aromatic heterocycles. The van der Waals surface area contributed by atoms with Crippen LogP contribution in [0.2, 0.25) is 0 Å². The maximum absolute atomic E-state index is 11.2. The molecule has 0 atom stereocenters.